The van der Waals surface area contributed by atoms with Crippen molar-refractivity contribution >= 4 is 5.97 Å². The van der Waals surface area contributed by atoms with Crippen molar-refractivity contribution in [1.82, 2.24) is 0 Å². The predicted octanol–water partition coefficient (Wildman–Crippen LogP) is -0.301. The smallest absolute Gasteiger partial charge is 0.305 e. The third-order valence-electron chi connectivity index (χ3n) is 15.5. The minimum absolute atomic E-state index is 0.00375. The van der Waals surface area contributed by atoms with Crippen molar-refractivity contribution in [1.29, 1.82) is 0 Å². The van der Waals surface area contributed by atoms with Crippen LogP contribution in [0.4, 0.5) is 0 Å². The number of carbonyl (C=O) groups is 1. The fourth-order valence-electron chi connectivity index (χ4n) is 12.8. The lowest BCUT2D eigenvalue weighted by atomic mass is 9.39. The summed E-state index contributed by atoms with van der Waals surface area (Å²) >= 11 is 0. The Morgan fingerprint density at radius 3 is 2.00 bits per heavy atom. The number of methoxy groups -OCH3 is 1. The normalized spacial score (nSPS) is 54.3. The summed E-state index contributed by atoms with van der Waals surface area (Å²) in [6.07, 6.45) is -6.11. The van der Waals surface area contributed by atoms with Gasteiger partial charge in [0.25, 0.3) is 0 Å². The molecule has 0 unspecified atom stereocenters. The lowest BCUT2D eigenvalue weighted by molar-refractivity contribution is -0.287. The fraction of sp³-hybridized carbons (Fsp3) is 0.973. The number of rotatable bonds is 8. The SMILES string of the molecule is COC(=O)CC[C@@H](C)[C@H]1CC[C@H]2[C@@H]3[C@@H]([C@@H]4O[C@H](CO)[C@@H](O)[C@H](O)[C@H]4O)C[C@@H]4C[C@@H](N)CC[C@]4(C)[C@H]3C[C@@H]([C@@H]3O[C@H](CO)[C@@H](O)[C@H](O)[C@H]3O)[C@]12C. The summed E-state index contributed by atoms with van der Waals surface area (Å²) in [4.78, 5) is 12.3. The van der Waals surface area contributed by atoms with Gasteiger partial charge in [-0.15, -0.1) is 0 Å². The lowest BCUT2D eigenvalue weighted by Gasteiger charge is -2.67. The van der Waals surface area contributed by atoms with Crippen LogP contribution in [-0.2, 0) is 19.0 Å². The molecule has 0 amide bonds. The molecule has 2 aliphatic heterocycles. The molecule has 0 bridgehead atoms. The molecule has 13 heteroatoms. The number of hydrogen-bond acceptors (Lipinski definition) is 13. The van der Waals surface area contributed by atoms with Gasteiger partial charge in [0.1, 0.15) is 48.8 Å². The summed E-state index contributed by atoms with van der Waals surface area (Å²) < 4.78 is 17.7. The first-order chi connectivity index (χ1) is 23.6. The molecule has 6 fully saturated rings. The van der Waals surface area contributed by atoms with Crippen molar-refractivity contribution in [3.63, 3.8) is 0 Å². The number of esters is 1. The molecule has 0 spiro atoms. The third-order valence-corrected chi connectivity index (χ3v) is 15.5. The third kappa shape index (κ3) is 6.18. The van der Waals surface area contributed by atoms with Gasteiger partial charge in [-0.1, -0.05) is 20.8 Å². The van der Waals surface area contributed by atoms with E-state index in [0.717, 1.165) is 32.1 Å². The van der Waals surface area contributed by atoms with Crippen LogP contribution < -0.4 is 5.73 Å². The Bertz CT molecular complexity index is 1190. The topological polar surface area (TPSA) is 233 Å². The van der Waals surface area contributed by atoms with Crippen molar-refractivity contribution in [3.8, 4) is 0 Å². The molecule has 0 radical (unpaired) electrons. The fourth-order valence-corrected chi connectivity index (χ4v) is 12.8. The van der Waals surface area contributed by atoms with Crippen molar-refractivity contribution in [2.45, 2.75) is 146 Å². The molecule has 0 aromatic heterocycles. The van der Waals surface area contributed by atoms with Crippen LogP contribution in [0.1, 0.15) is 78.6 Å². The van der Waals surface area contributed by atoms with E-state index in [0.29, 0.717) is 19.3 Å². The summed E-state index contributed by atoms with van der Waals surface area (Å²) in [6, 6.07) is 0.0155. The zero-order chi connectivity index (χ0) is 36.4. The van der Waals surface area contributed by atoms with Crippen LogP contribution in [0.5, 0.6) is 0 Å². The van der Waals surface area contributed by atoms with Gasteiger partial charge in [0.15, 0.2) is 0 Å². The Kier molecular flexibility index (Phi) is 11.4. The maximum absolute atomic E-state index is 12.3. The maximum Gasteiger partial charge on any atom is 0.305 e. The van der Waals surface area contributed by atoms with Crippen LogP contribution in [0.3, 0.4) is 0 Å². The highest BCUT2D eigenvalue weighted by Gasteiger charge is 2.69. The highest BCUT2D eigenvalue weighted by molar-refractivity contribution is 5.69. The van der Waals surface area contributed by atoms with Crippen LogP contribution >= 0.6 is 0 Å². The minimum Gasteiger partial charge on any atom is -0.469 e. The van der Waals surface area contributed by atoms with E-state index >= 15 is 0 Å². The molecule has 2 saturated heterocycles. The number of fused-ring (bicyclic) bond motifs is 5. The Hall–Kier alpha value is -0.970. The van der Waals surface area contributed by atoms with E-state index in [1.54, 1.807) is 0 Å². The molecule has 6 rings (SSSR count). The van der Waals surface area contributed by atoms with Crippen molar-refractivity contribution < 1.29 is 59.9 Å². The van der Waals surface area contributed by atoms with Gasteiger partial charge >= 0.3 is 5.97 Å². The van der Waals surface area contributed by atoms with Crippen LogP contribution in [0.2, 0.25) is 0 Å². The van der Waals surface area contributed by atoms with E-state index in [2.05, 4.69) is 20.8 Å². The Balaban J connectivity index is 1.46. The second kappa shape index (κ2) is 14.7. The number of ether oxygens (including phenoxy) is 3. The zero-order valence-electron chi connectivity index (χ0n) is 30.0. The van der Waals surface area contributed by atoms with Crippen molar-refractivity contribution in [3.05, 3.63) is 0 Å². The van der Waals surface area contributed by atoms with Gasteiger partial charge in [0, 0.05) is 12.5 Å². The van der Waals surface area contributed by atoms with Crippen LogP contribution in [0.15, 0.2) is 0 Å². The van der Waals surface area contributed by atoms with Crippen LogP contribution in [0, 0.1) is 58.2 Å². The van der Waals surface area contributed by atoms with Gasteiger partial charge in [-0.3, -0.25) is 4.79 Å². The molecular formula is C37H63NO12. The van der Waals surface area contributed by atoms with Gasteiger partial charge in [-0.05, 0) is 110 Å². The molecule has 4 saturated carbocycles. The zero-order valence-corrected chi connectivity index (χ0v) is 30.0. The summed E-state index contributed by atoms with van der Waals surface area (Å²) in [5.41, 5.74) is 5.93. The molecule has 288 valence electrons. The monoisotopic (exact) mass is 713 g/mol. The molecule has 2 heterocycles. The van der Waals surface area contributed by atoms with Crippen LogP contribution in [-0.4, -0.2) is 134 Å². The van der Waals surface area contributed by atoms with E-state index in [9.17, 15) is 45.6 Å². The number of aliphatic hydroxyl groups is 8. The van der Waals surface area contributed by atoms with Gasteiger partial charge in [0.2, 0.25) is 0 Å². The molecule has 13 nitrogen and oxygen atoms in total. The molecule has 10 N–H and O–H groups in total. The lowest BCUT2D eigenvalue weighted by Crippen LogP contribution is -2.69. The molecule has 50 heavy (non-hydrogen) atoms. The van der Waals surface area contributed by atoms with Crippen LogP contribution in [0.25, 0.3) is 0 Å². The standard InChI is InChI=1S/C37H63NO12/c1-16(5-8-26(41)48-4)20-6-7-21-27-19(34-32(46)30(44)28(42)24(14-39)49-34)12-17-11-18(38)9-10-36(17,2)22(27)13-23(37(20,21)3)35-33(47)31(45)29(43)25(15-40)50-35/h16-25,27-35,39-40,42-47H,5-15,38H2,1-4H3/t16-,17+,18+,19+,20-,21+,22+,23+,24-,25-,27+,28-,29-,30+,31+,32-,33-,34+,35+,36+,37-/m1/s1. The summed E-state index contributed by atoms with van der Waals surface area (Å²) in [5.74, 6) is -0.421. The molecule has 0 aromatic carbocycles. The van der Waals surface area contributed by atoms with Gasteiger partial charge in [0.05, 0.1) is 32.5 Å². The molecule has 6 aliphatic rings. The first-order valence-electron chi connectivity index (χ1n) is 19.1. The molecule has 4 aliphatic carbocycles. The van der Waals surface area contributed by atoms with E-state index in [1.807, 2.05) is 0 Å². The van der Waals surface area contributed by atoms with E-state index in [-0.39, 0.29) is 71.2 Å². The van der Waals surface area contributed by atoms with Gasteiger partial charge in [-0.25, -0.2) is 0 Å². The molecule has 21 atom stereocenters. The highest BCUT2D eigenvalue weighted by Crippen LogP contribution is 2.72. The largest absolute Gasteiger partial charge is 0.469 e. The molecule has 0 aromatic rings. The predicted molar refractivity (Wildman–Crippen MR) is 179 cm³/mol. The van der Waals surface area contributed by atoms with E-state index < -0.39 is 79.7 Å². The van der Waals surface area contributed by atoms with Gasteiger partial charge in [-0.2, -0.15) is 0 Å². The Morgan fingerprint density at radius 1 is 0.800 bits per heavy atom. The maximum atomic E-state index is 12.3. The Labute approximate surface area is 295 Å². The highest BCUT2D eigenvalue weighted by atomic mass is 16.6. The summed E-state index contributed by atoms with van der Waals surface area (Å²) in [6.45, 7) is 5.70. The average Bonchev–Trinajstić information content (AvgIpc) is 3.46. The number of carbonyl (C=O) groups excluding carboxylic acids is 1. The van der Waals surface area contributed by atoms with Crippen molar-refractivity contribution in [2.24, 2.45) is 63.9 Å². The first-order valence-corrected chi connectivity index (χ1v) is 19.1. The number of nitrogens with two attached hydrogens (primary N) is 1. The van der Waals surface area contributed by atoms with Crippen molar-refractivity contribution in [2.75, 3.05) is 20.3 Å². The van der Waals surface area contributed by atoms with E-state index in [4.69, 9.17) is 19.9 Å². The second-order valence-corrected chi connectivity index (χ2v) is 17.5. The van der Waals surface area contributed by atoms with Gasteiger partial charge < -0.3 is 60.8 Å². The first kappa shape index (κ1) is 38.7. The minimum atomic E-state index is -1.51. The quantitative estimate of drug-likeness (QED) is 0.147. The summed E-state index contributed by atoms with van der Waals surface area (Å²) in [7, 11) is 1.38. The average molecular weight is 714 g/mol. The summed E-state index contributed by atoms with van der Waals surface area (Å²) in [5, 5.41) is 87.0. The number of aliphatic hydroxyl groups excluding tert-OH is 8. The second-order valence-electron chi connectivity index (χ2n) is 17.5. The molecular weight excluding hydrogens is 650 g/mol. The Morgan fingerprint density at radius 2 is 1.40 bits per heavy atom. The van der Waals surface area contributed by atoms with E-state index in [1.165, 1.54) is 7.11 Å². The number of hydrogen-bond donors (Lipinski definition) is 9.